The Morgan fingerprint density at radius 1 is 1.00 bits per heavy atom. The third-order valence-electron chi connectivity index (χ3n) is 2.28. The molecule has 92 valence electrons. The summed E-state index contributed by atoms with van der Waals surface area (Å²) in [6.07, 6.45) is 8.95. The molecule has 0 aromatic carbocycles. The zero-order valence-corrected chi connectivity index (χ0v) is 10.7. The van der Waals surface area contributed by atoms with Crippen LogP contribution in [0, 0.1) is 11.8 Å². The van der Waals surface area contributed by atoms with Gasteiger partial charge in [-0.25, -0.2) is 0 Å². The molecule has 0 aromatic heterocycles. The molecule has 0 aliphatic rings. The zero-order chi connectivity index (χ0) is 12.1. The van der Waals surface area contributed by atoms with Gasteiger partial charge in [0.25, 0.3) is 0 Å². The second kappa shape index (κ2) is 12.1. The second-order valence-corrected chi connectivity index (χ2v) is 3.96. The molecule has 0 rings (SSSR count). The summed E-state index contributed by atoms with van der Waals surface area (Å²) in [5, 5.41) is 0. The first-order valence-electron chi connectivity index (χ1n) is 6.36. The fraction of sp³-hybridized carbons (Fsp3) is 0.786. The fourth-order valence-corrected chi connectivity index (χ4v) is 1.33. The molecule has 0 N–H and O–H groups in total. The van der Waals surface area contributed by atoms with Crippen molar-refractivity contribution in [3.8, 4) is 11.8 Å². The first-order valence-corrected chi connectivity index (χ1v) is 6.36. The van der Waals surface area contributed by atoms with E-state index in [-0.39, 0.29) is 5.97 Å². The Morgan fingerprint density at radius 3 is 2.25 bits per heavy atom. The lowest BCUT2D eigenvalue weighted by Crippen LogP contribution is -1.99. The minimum absolute atomic E-state index is 0.179. The molecule has 2 heteroatoms. The topological polar surface area (TPSA) is 26.3 Å². The van der Waals surface area contributed by atoms with Crippen LogP contribution in [0.1, 0.15) is 65.2 Å². The van der Waals surface area contributed by atoms with Crippen molar-refractivity contribution in [2.45, 2.75) is 65.2 Å². The van der Waals surface area contributed by atoms with Crippen LogP contribution in [0.5, 0.6) is 0 Å². The number of rotatable bonds is 8. The van der Waals surface area contributed by atoms with E-state index in [2.05, 4.69) is 18.8 Å². The van der Waals surface area contributed by atoms with E-state index in [1.165, 1.54) is 32.6 Å². The maximum Gasteiger partial charge on any atom is 0.302 e. The molecule has 0 spiro atoms. The SMILES string of the molecule is CCCCC#CCCCCCCOC(C)=O. The third-order valence-corrected chi connectivity index (χ3v) is 2.28. The fourth-order valence-electron chi connectivity index (χ4n) is 1.33. The molecular weight excluding hydrogens is 200 g/mol. The Hall–Kier alpha value is -0.970. The molecule has 0 amide bonds. The van der Waals surface area contributed by atoms with E-state index in [0.717, 1.165) is 25.7 Å². The Balaban J connectivity index is 3.08. The predicted octanol–water partition coefficient (Wildman–Crippen LogP) is 3.69. The number of carbonyl (C=O) groups excluding carboxylic acids is 1. The highest BCUT2D eigenvalue weighted by atomic mass is 16.5. The zero-order valence-electron chi connectivity index (χ0n) is 10.7. The summed E-state index contributed by atoms with van der Waals surface area (Å²) in [4.78, 5) is 10.5. The summed E-state index contributed by atoms with van der Waals surface area (Å²) >= 11 is 0. The van der Waals surface area contributed by atoms with Gasteiger partial charge in [0, 0.05) is 19.8 Å². The number of ether oxygens (including phenoxy) is 1. The van der Waals surface area contributed by atoms with Crippen LogP contribution >= 0.6 is 0 Å². The lowest BCUT2D eigenvalue weighted by molar-refractivity contribution is -0.141. The van der Waals surface area contributed by atoms with Gasteiger partial charge < -0.3 is 4.74 Å². The Kier molecular flexibility index (Phi) is 11.4. The van der Waals surface area contributed by atoms with Crippen molar-refractivity contribution >= 4 is 5.97 Å². The molecule has 0 aliphatic heterocycles. The molecular formula is C14H24O2. The first kappa shape index (κ1) is 15.0. The third kappa shape index (κ3) is 13.0. The Morgan fingerprint density at radius 2 is 1.62 bits per heavy atom. The summed E-state index contributed by atoms with van der Waals surface area (Å²) in [7, 11) is 0. The van der Waals surface area contributed by atoms with E-state index in [1.807, 2.05) is 0 Å². The molecule has 0 saturated carbocycles. The van der Waals surface area contributed by atoms with Crippen LogP contribution in [-0.2, 0) is 9.53 Å². The van der Waals surface area contributed by atoms with E-state index >= 15 is 0 Å². The van der Waals surface area contributed by atoms with Gasteiger partial charge in [0.15, 0.2) is 0 Å². The van der Waals surface area contributed by atoms with Crippen LogP contribution in [-0.4, -0.2) is 12.6 Å². The Bertz CT molecular complexity index is 223. The first-order chi connectivity index (χ1) is 7.77. The van der Waals surface area contributed by atoms with Gasteiger partial charge in [-0.15, -0.1) is 11.8 Å². The van der Waals surface area contributed by atoms with Crippen molar-refractivity contribution in [3.63, 3.8) is 0 Å². The average Bonchev–Trinajstić information content (AvgIpc) is 2.25. The summed E-state index contributed by atoms with van der Waals surface area (Å²) < 4.78 is 4.85. The minimum atomic E-state index is -0.179. The summed E-state index contributed by atoms with van der Waals surface area (Å²) in [6.45, 7) is 4.20. The van der Waals surface area contributed by atoms with Crippen molar-refractivity contribution in [2.75, 3.05) is 6.61 Å². The quantitative estimate of drug-likeness (QED) is 0.357. The smallest absolute Gasteiger partial charge is 0.302 e. The molecule has 0 unspecified atom stereocenters. The van der Waals surface area contributed by atoms with E-state index in [4.69, 9.17) is 4.74 Å². The maximum atomic E-state index is 10.5. The predicted molar refractivity (Wildman–Crippen MR) is 67.0 cm³/mol. The van der Waals surface area contributed by atoms with Gasteiger partial charge in [-0.05, 0) is 19.3 Å². The molecule has 0 aliphatic carbocycles. The number of hydrogen-bond acceptors (Lipinski definition) is 2. The van der Waals surface area contributed by atoms with Crippen molar-refractivity contribution in [1.29, 1.82) is 0 Å². The maximum absolute atomic E-state index is 10.5. The van der Waals surface area contributed by atoms with Gasteiger partial charge in [-0.2, -0.15) is 0 Å². The van der Waals surface area contributed by atoms with Crippen LogP contribution in [0.25, 0.3) is 0 Å². The highest BCUT2D eigenvalue weighted by molar-refractivity contribution is 5.65. The molecule has 2 nitrogen and oxygen atoms in total. The Labute approximate surface area is 99.8 Å². The lowest BCUT2D eigenvalue weighted by atomic mass is 10.1. The number of unbranched alkanes of at least 4 members (excludes halogenated alkanes) is 6. The van der Waals surface area contributed by atoms with E-state index in [0.29, 0.717) is 6.61 Å². The van der Waals surface area contributed by atoms with Gasteiger partial charge in [-0.1, -0.05) is 26.2 Å². The lowest BCUT2D eigenvalue weighted by Gasteiger charge is -2.00. The standard InChI is InChI=1S/C14H24O2/c1-3-4-5-6-7-8-9-10-11-12-13-16-14(2)15/h3-5,8-13H2,1-2H3. The van der Waals surface area contributed by atoms with E-state index in [9.17, 15) is 4.79 Å². The number of hydrogen-bond donors (Lipinski definition) is 0. The van der Waals surface area contributed by atoms with Gasteiger partial charge in [0.2, 0.25) is 0 Å². The average molecular weight is 224 g/mol. The highest BCUT2D eigenvalue weighted by Gasteiger charge is 1.92. The van der Waals surface area contributed by atoms with Gasteiger partial charge in [0.1, 0.15) is 0 Å². The highest BCUT2D eigenvalue weighted by Crippen LogP contribution is 2.02. The van der Waals surface area contributed by atoms with Crippen LogP contribution in [0.3, 0.4) is 0 Å². The molecule has 0 atom stereocenters. The summed E-state index contributed by atoms with van der Waals surface area (Å²) in [5.41, 5.74) is 0. The number of esters is 1. The second-order valence-electron chi connectivity index (χ2n) is 3.96. The molecule has 0 radical (unpaired) electrons. The van der Waals surface area contributed by atoms with Gasteiger partial charge in [-0.3, -0.25) is 4.79 Å². The van der Waals surface area contributed by atoms with Crippen molar-refractivity contribution in [1.82, 2.24) is 0 Å². The molecule has 0 saturated heterocycles. The normalized spacial score (nSPS) is 9.38. The van der Waals surface area contributed by atoms with Gasteiger partial charge in [0.05, 0.1) is 6.61 Å². The van der Waals surface area contributed by atoms with Crippen molar-refractivity contribution in [3.05, 3.63) is 0 Å². The van der Waals surface area contributed by atoms with Crippen LogP contribution in [0.15, 0.2) is 0 Å². The number of carbonyl (C=O) groups is 1. The van der Waals surface area contributed by atoms with Crippen LogP contribution < -0.4 is 0 Å². The van der Waals surface area contributed by atoms with Crippen LogP contribution in [0.2, 0.25) is 0 Å². The monoisotopic (exact) mass is 224 g/mol. The summed E-state index contributed by atoms with van der Waals surface area (Å²) in [5.74, 6) is 6.20. The minimum Gasteiger partial charge on any atom is -0.466 e. The van der Waals surface area contributed by atoms with E-state index < -0.39 is 0 Å². The molecule has 16 heavy (non-hydrogen) atoms. The molecule has 0 fully saturated rings. The van der Waals surface area contributed by atoms with Crippen molar-refractivity contribution < 1.29 is 9.53 Å². The molecule has 0 aromatic rings. The van der Waals surface area contributed by atoms with Gasteiger partial charge >= 0.3 is 5.97 Å². The molecule has 0 heterocycles. The van der Waals surface area contributed by atoms with E-state index in [1.54, 1.807) is 0 Å². The van der Waals surface area contributed by atoms with Crippen molar-refractivity contribution in [2.24, 2.45) is 0 Å². The van der Waals surface area contributed by atoms with Crippen LogP contribution in [0.4, 0.5) is 0 Å². The largest absolute Gasteiger partial charge is 0.466 e. The molecule has 0 bridgehead atoms. The summed E-state index contributed by atoms with van der Waals surface area (Å²) in [6, 6.07) is 0.